The maximum atomic E-state index is 12.1. The number of hydrogen-bond donors (Lipinski definition) is 2. The molecule has 3 N–H and O–H groups in total. The fourth-order valence-electron chi connectivity index (χ4n) is 2.28. The van der Waals surface area contributed by atoms with E-state index in [-0.39, 0.29) is 12.5 Å². The first kappa shape index (κ1) is 17.5. The van der Waals surface area contributed by atoms with Crippen LogP contribution in [0.15, 0.2) is 48.5 Å². The molecule has 0 spiro atoms. The van der Waals surface area contributed by atoms with Gasteiger partial charge in [-0.15, -0.1) is 0 Å². The minimum absolute atomic E-state index is 0.332. The Bertz CT molecular complexity index is 711. The molecular formula is C19H22N2O3. The van der Waals surface area contributed by atoms with E-state index in [1.165, 1.54) is 0 Å². The van der Waals surface area contributed by atoms with Crippen molar-refractivity contribution in [3.63, 3.8) is 0 Å². The van der Waals surface area contributed by atoms with Crippen LogP contribution < -0.4 is 11.1 Å². The van der Waals surface area contributed by atoms with Crippen molar-refractivity contribution in [2.45, 2.75) is 26.2 Å². The minimum atomic E-state index is -0.555. The lowest BCUT2D eigenvalue weighted by molar-refractivity contribution is -0.119. The summed E-state index contributed by atoms with van der Waals surface area (Å²) in [5, 5.41) is 2.81. The normalized spacial score (nSPS) is 11.6. The van der Waals surface area contributed by atoms with Gasteiger partial charge >= 0.3 is 5.97 Å². The van der Waals surface area contributed by atoms with E-state index in [1.807, 2.05) is 24.3 Å². The molecule has 0 aliphatic heterocycles. The Kier molecular flexibility index (Phi) is 5.95. The van der Waals surface area contributed by atoms with Gasteiger partial charge < -0.3 is 15.8 Å². The molecule has 126 valence electrons. The van der Waals surface area contributed by atoms with Crippen LogP contribution in [0, 0.1) is 0 Å². The van der Waals surface area contributed by atoms with Gasteiger partial charge in [-0.1, -0.05) is 32.0 Å². The lowest BCUT2D eigenvalue weighted by Crippen LogP contribution is -2.21. The van der Waals surface area contributed by atoms with E-state index < -0.39 is 5.97 Å². The summed E-state index contributed by atoms with van der Waals surface area (Å²) in [6, 6.07) is 14.0. The van der Waals surface area contributed by atoms with Crippen molar-refractivity contribution in [3.05, 3.63) is 59.7 Å². The fourth-order valence-corrected chi connectivity index (χ4v) is 2.28. The number of nitrogens with one attached hydrogen (secondary N) is 1. The third kappa shape index (κ3) is 4.59. The van der Waals surface area contributed by atoms with Gasteiger partial charge in [-0.25, -0.2) is 4.79 Å². The van der Waals surface area contributed by atoms with Gasteiger partial charge in [0.15, 0.2) is 6.61 Å². The number of esters is 1. The topological polar surface area (TPSA) is 81.4 Å². The summed E-state index contributed by atoms with van der Waals surface area (Å²) in [7, 11) is 0. The molecule has 0 saturated heterocycles. The average molecular weight is 326 g/mol. The van der Waals surface area contributed by atoms with Gasteiger partial charge in [0, 0.05) is 11.4 Å². The molecule has 0 heterocycles. The van der Waals surface area contributed by atoms with E-state index >= 15 is 0 Å². The summed E-state index contributed by atoms with van der Waals surface area (Å²) in [4.78, 5) is 23.9. The van der Waals surface area contributed by atoms with Crippen LogP contribution in [0.3, 0.4) is 0 Å². The molecule has 1 atom stereocenters. The first-order chi connectivity index (χ1) is 11.5. The van der Waals surface area contributed by atoms with Gasteiger partial charge in [0.2, 0.25) is 0 Å². The Morgan fingerprint density at radius 2 is 1.79 bits per heavy atom. The van der Waals surface area contributed by atoms with E-state index in [4.69, 9.17) is 10.5 Å². The molecule has 5 nitrogen and oxygen atoms in total. The number of amides is 1. The molecule has 0 unspecified atom stereocenters. The van der Waals surface area contributed by atoms with Gasteiger partial charge in [-0.3, -0.25) is 4.79 Å². The van der Waals surface area contributed by atoms with Crippen LogP contribution in [0.5, 0.6) is 0 Å². The molecule has 5 heteroatoms. The van der Waals surface area contributed by atoms with E-state index in [0.717, 1.165) is 17.7 Å². The van der Waals surface area contributed by atoms with Crippen LogP contribution in [-0.4, -0.2) is 18.5 Å². The molecule has 2 aromatic rings. The van der Waals surface area contributed by atoms with Crippen molar-refractivity contribution < 1.29 is 14.3 Å². The summed E-state index contributed by atoms with van der Waals surface area (Å²) < 4.78 is 5.04. The lowest BCUT2D eigenvalue weighted by atomic mass is 9.97. The van der Waals surface area contributed by atoms with E-state index in [1.54, 1.807) is 24.3 Å². The Morgan fingerprint density at radius 3 is 2.46 bits per heavy atom. The predicted molar refractivity (Wildman–Crippen MR) is 94.9 cm³/mol. The molecule has 0 saturated carbocycles. The largest absolute Gasteiger partial charge is 0.452 e. The second kappa shape index (κ2) is 8.15. The summed E-state index contributed by atoms with van der Waals surface area (Å²) in [6.45, 7) is 3.86. The van der Waals surface area contributed by atoms with E-state index in [9.17, 15) is 9.59 Å². The van der Waals surface area contributed by atoms with Crippen molar-refractivity contribution in [1.82, 2.24) is 0 Å². The molecule has 2 rings (SSSR count). The summed E-state index contributed by atoms with van der Waals surface area (Å²) >= 11 is 0. The highest BCUT2D eigenvalue weighted by Crippen LogP contribution is 2.26. The van der Waals surface area contributed by atoms with Gasteiger partial charge in [-0.2, -0.15) is 0 Å². The highest BCUT2D eigenvalue weighted by Gasteiger charge is 2.13. The average Bonchev–Trinajstić information content (AvgIpc) is 2.60. The predicted octanol–water partition coefficient (Wildman–Crippen LogP) is 3.58. The molecule has 0 fully saturated rings. The van der Waals surface area contributed by atoms with Gasteiger partial charge in [-0.05, 0) is 48.2 Å². The highest BCUT2D eigenvalue weighted by atomic mass is 16.5. The number of carbonyl (C=O) groups excluding carboxylic acids is 2. The van der Waals surface area contributed by atoms with E-state index in [0.29, 0.717) is 17.2 Å². The number of benzene rings is 2. The Balaban J connectivity index is 1.94. The Labute approximate surface area is 141 Å². The highest BCUT2D eigenvalue weighted by molar-refractivity contribution is 5.96. The van der Waals surface area contributed by atoms with Crippen LogP contribution in [0.25, 0.3) is 0 Å². The van der Waals surface area contributed by atoms with Crippen LogP contribution in [0.2, 0.25) is 0 Å². The Morgan fingerprint density at radius 1 is 1.12 bits per heavy atom. The fraction of sp³-hybridized carbons (Fsp3) is 0.263. The first-order valence-corrected chi connectivity index (χ1v) is 7.92. The SMILES string of the molecule is CC[C@H](C)c1ccccc1NC(=O)COC(=O)c1ccc(N)cc1. The van der Waals surface area contributed by atoms with Crippen molar-refractivity contribution in [3.8, 4) is 0 Å². The van der Waals surface area contributed by atoms with Crippen molar-refractivity contribution in [2.75, 3.05) is 17.7 Å². The van der Waals surface area contributed by atoms with Crippen molar-refractivity contribution in [2.24, 2.45) is 0 Å². The first-order valence-electron chi connectivity index (χ1n) is 7.92. The standard InChI is InChI=1S/C19H22N2O3/c1-3-13(2)16-6-4-5-7-17(16)21-18(22)12-24-19(23)14-8-10-15(20)11-9-14/h4-11,13H,3,12,20H2,1-2H3,(H,21,22)/t13-/m0/s1. The van der Waals surface area contributed by atoms with Crippen LogP contribution in [0.4, 0.5) is 11.4 Å². The zero-order valence-corrected chi connectivity index (χ0v) is 13.9. The smallest absolute Gasteiger partial charge is 0.338 e. The molecule has 24 heavy (non-hydrogen) atoms. The molecule has 0 aliphatic rings. The quantitative estimate of drug-likeness (QED) is 0.628. The van der Waals surface area contributed by atoms with Gasteiger partial charge in [0.25, 0.3) is 5.91 Å². The van der Waals surface area contributed by atoms with Crippen LogP contribution in [0.1, 0.15) is 42.1 Å². The maximum absolute atomic E-state index is 12.1. The molecule has 1 amide bonds. The number of para-hydroxylation sites is 1. The molecule has 0 aromatic heterocycles. The zero-order chi connectivity index (χ0) is 17.5. The lowest BCUT2D eigenvalue weighted by Gasteiger charge is -2.15. The summed E-state index contributed by atoms with van der Waals surface area (Å²) in [5.41, 5.74) is 8.31. The van der Waals surface area contributed by atoms with Gasteiger partial charge in [0.05, 0.1) is 5.56 Å². The molecule has 0 radical (unpaired) electrons. The Hall–Kier alpha value is -2.82. The molecule has 2 aromatic carbocycles. The number of carbonyl (C=O) groups is 2. The van der Waals surface area contributed by atoms with Gasteiger partial charge in [0.1, 0.15) is 0 Å². The number of ether oxygens (including phenoxy) is 1. The van der Waals surface area contributed by atoms with E-state index in [2.05, 4.69) is 19.2 Å². The van der Waals surface area contributed by atoms with Crippen molar-refractivity contribution >= 4 is 23.3 Å². The minimum Gasteiger partial charge on any atom is -0.452 e. The molecule has 0 aliphatic carbocycles. The van der Waals surface area contributed by atoms with Crippen LogP contribution in [-0.2, 0) is 9.53 Å². The number of nitrogen functional groups attached to an aromatic ring is 1. The number of anilines is 2. The summed E-state index contributed by atoms with van der Waals surface area (Å²) in [6.07, 6.45) is 0.971. The molecular weight excluding hydrogens is 304 g/mol. The molecule has 0 bridgehead atoms. The number of nitrogens with two attached hydrogens (primary N) is 1. The van der Waals surface area contributed by atoms with Crippen molar-refractivity contribution in [1.29, 1.82) is 0 Å². The van der Waals surface area contributed by atoms with Crippen LogP contribution >= 0.6 is 0 Å². The second-order valence-corrected chi connectivity index (χ2v) is 5.64. The zero-order valence-electron chi connectivity index (χ0n) is 13.9. The number of rotatable bonds is 6. The second-order valence-electron chi connectivity index (χ2n) is 5.64. The maximum Gasteiger partial charge on any atom is 0.338 e. The third-order valence-corrected chi connectivity index (χ3v) is 3.86. The monoisotopic (exact) mass is 326 g/mol. The summed E-state index contributed by atoms with van der Waals surface area (Å²) in [5.74, 6) is -0.589. The third-order valence-electron chi connectivity index (χ3n) is 3.86. The number of hydrogen-bond acceptors (Lipinski definition) is 4.